The fourth-order valence-electron chi connectivity index (χ4n) is 3.06. The summed E-state index contributed by atoms with van der Waals surface area (Å²) in [6, 6.07) is 12.5. The van der Waals surface area contributed by atoms with E-state index in [2.05, 4.69) is 4.90 Å². The molecule has 0 saturated carbocycles. The fourth-order valence-corrected chi connectivity index (χ4v) is 4.53. The molecule has 10 heteroatoms. The van der Waals surface area contributed by atoms with E-state index in [1.54, 1.807) is 7.11 Å². The lowest BCUT2D eigenvalue weighted by Crippen LogP contribution is -2.49. The largest absolute Gasteiger partial charge is 0.497 e. The van der Waals surface area contributed by atoms with Crippen LogP contribution in [0.1, 0.15) is 0 Å². The summed E-state index contributed by atoms with van der Waals surface area (Å²) in [6.45, 7) is 2.96. The molecule has 0 atom stereocenters. The van der Waals surface area contributed by atoms with E-state index < -0.39 is 14.9 Å². The van der Waals surface area contributed by atoms with Gasteiger partial charge in [0.1, 0.15) is 18.1 Å². The second-order valence-corrected chi connectivity index (χ2v) is 8.46. The molecule has 0 N–H and O–H groups in total. The molecule has 3 rings (SSSR count). The molecule has 1 aliphatic heterocycles. The molecule has 0 spiro atoms. The maximum atomic E-state index is 12.8. The summed E-state index contributed by atoms with van der Waals surface area (Å²) >= 11 is 0. The molecule has 0 aliphatic carbocycles. The molecule has 1 saturated heterocycles. The summed E-state index contributed by atoms with van der Waals surface area (Å²) in [5, 5.41) is 10.9. The van der Waals surface area contributed by atoms with Gasteiger partial charge in [0.25, 0.3) is 5.69 Å². The van der Waals surface area contributed by atoms with Gasteiger partial charge in [-0.25, -0.2) is 8.42 Å². The smallest absolute Gasteiger partial charge is 0.270 e. The number of hydrogen-bond acceptors (Lipinski definition) is 7. The Morgan fingerprint density at radius 3 is 2.31 bits per heavy atom. The molecule has 0 radical (unpaired) electrons. The van der Waals surface area contributed by atoms with Crippen LogP contribution in [0.4, 0.5) is 5.69 Å². The Labute approximate surface area is 169 Å². The van der Waals surface area contributed by atoms with Crippen LogP contribution in [0.2, 0.25) is 0 Å². The zero-order chi connectivity index (χ0) is 20.9. The van der Waals surface area contributed by atoms with Gasteiger partial charge < -0.3 is 9.47 Å². The fraction of sp³-hybridized carbons (Fsp3) is 0.368. The summed E-state index contributed by atoms with van der Waals surface area (Å²) in [6.07, 6.45) is 0. The highest BCUT2D eigenvalue weighted by Crippen LogP contribution is 2.22. The molecule has 1 heterocycles. The van der Waals surface area contributed by atoms with Crippen LogP contribution in [0, 0.1) is 10.1 Å². The highest BCUT2D eigenvalue weighted by molar-refractivity contribution is 7.89. The minimum absolute atomic E-state index is 0.0528. The number of methoxy groups -OCH3 is 1. The van der Waals surface area contributed by atoms with Crippen LogP contribution in [-0.4, -0.2) is 69.0 Å². The zero-order valence-corrected chi connectivity index (χ0v) is 16.9. The monoisotopic (exact) mass is 421 g/mol. The number of piperazine rings is 1. The predicted molar refractivity (Wildman–Crippen MR) is 107 cm³/mol. The predicted octanol–water partition coefficient (Wildman–Crippen LogP) is 1.99. The second-order valence-electron chi connectivity index (χ2n) is 6.52. The summed E-state index contributed by atoms with van der Waals surface area (Å²) in [5.74, 6) is 1.51. The van der Waals surface area contributed by atoms with E-state index in [1.807, 2.05) is 24.3 Å². The van der Waals surface area contributed by atoms with Gasteiger partial charge in [-0.3, -0.25) is 15.0 Å². The van der Waals surface area contributed by atoms with E-state index in [1.165, 1.54) is 22.5 Å². The third-order valence-electron chi connectivity index (χ3n) is 4.73. The molecule has 1 aliphatic rings. The lowest BCUT2D eigenvalue weighted by Gasteiger charge is -2.33. The molecule has 0 unspecified atom stereocenters. The van der Waals surface area contributed by atoms with E-state index in [-0.39, 0.29) is 10.6 Å². The maximum Gasteiger partial charge on any atom is 0.270 e. The van der Waals surface area contributed by atoms with Crippen molar-refractivity contribution in [3.05, 3.63) is 58.6 Å². The van der Waals surface area contributed by atoms with Crippen LogP contribution in [0.3, 0.4) is 0 Å². The van der Waals surface area contributed by atoms with Gasteiger partial charge >= 0.3 is 0 Å². The van der Waals surface area contributed by atoms with Crippen molar-refractivity contribution >= 4 is 15.7 Å². The van der Waals surface area contributed by atoms with E-state index in [4.69, 9.17) is 9.47 Å². The third-order valence-corrected chi connectivity index (χ3v) is 6.63. The minimum atomic E-state index is -3.75. The lowest BCUT2D eigenvalue weighted by molar-refractivity contribution is -0.385. The molecule has 0 amide bonds. The van der Waals surface area contributed by atoms with Gasteiger partial charge in [0, 0.05) is 44.9 Å². The van der Waals surface area contributed by atoms with Crippen LogP contribution in [0.25, 0.3) is 0 Å². The topological polar surface area (TPSA) is 102 Å². The highest BCUT2D eigenvalue weighted by atomic mass is 32.2. The number of benzene rings is 2. The molecule has 0 aromatic heterocycles. The normalized spacial score (nSPS) is 15.8. The first-order valence-corrected chi connectivity index (χ1v) is 10.6. The first kappa shape index (κ1) is 21.0. The standard InChI is InChI=1S/C19H23N3O6S/c1-27-17-5-7-18(8-6-17)28-14-13-20-9-11-21(12-10-20)29(25,26)19-4-2-3-16(15-19)22(23)24/h2-8,15H,9-14H2,1H3. The lowest BCUT2D eigenvalue weighted by atomic mass is 10.3. The van der Waals surface area contributed by atoms with E-state index in [0.29, 0.717) is 39.3 Å². The zero-order valence-electron chi connectivity index (χ0n) is 16.1. The van der Waals surface area contributed by atoms with Crippen LogP contribution >= 0.6 is 0 Å². The molecule has 0 bridgehead atoms. The number of rotatable bonds is 8. The number of nitrogens with zero attached hydrogens (tertiary/aromatic N) is 3. The Balaban J connectivity index is 1.50. The highest BCUT2D eigenvalue weighted by Gasteiger charge is 2.29. The van der Waals surface area contributed by atoms with Gasteiger partial charge in [0.05, 0.1) is 16.9 Å². The van der Waals surface area contributed by atoms with E-state index in [9.17, 15) is 18.5 Å². The van der Waals surface area contributed by atoms with Gasteiger partial charge in [-0.05, 0) is 30.3 Å². The Kier molecular flexibility index (Phi) is 6.68. The molecular formula is C19H23N3O6S. The summed E-state index contributed by atoms with van der Waals surface area (Å²) in [5.41, 5.74) is -0.236. The van der Waals surface area contributed by atoms with Crippen LogP contribution < -0.4 is 9.47 Å². The Morgan fingerprint density at radius 2 is 1.69 bits per heavy atom. The van der Waals surface area contributed by atoms with Crippen molar-refractivity contribution < 1.29 is 22.8 Å². The van der Waals surface area contributed by atoms with Crippen molar-refractivity contribution in [3.63, 3.8) is 0 Å². The quantitative estimate of drug-likeness (QED) is 0.474. The molecule has 1 fully saturated rings. The minimum Gasteiger partial charge on any atom is -0.497 e. The number of non-ortho nitro benzene ring substituents is 1. The van der Waals surface area contributed by atoms with Crippen LogP contribution in [0.5, 0.6) is 11.5 Å². The summed E-state index contributed by atoms with van der Waals surface area (Å²) in [4.78, 5) is 12.4. The first-order valence-electron chi connectivity index (χ1n) is 9.14. The molecule has 9 nitrogen and oxygen atoms in total. The number of ether oxygens (including phenoxy) is 2. The Bertz CT molecular complexity index is 941. The summed E-state index contributed by atoms with van der Waals surface area (Å²) in [7, 11) is -2.15. The average molecular weight is 421 g/mol. The van der Waals surface area contributed by atoms with Gasteiger partial charge in [-0.15, -0.1) is 0 Å². The van der Waals surface area contributed by atoms with Crippen molar-refractivity contribution in [3.8, 4) is 11.5 Å². The van der Waals surface area contributed by atoms with Crippen molar-refractivity contribution in [2.45, 2.75) is 4.90 Å². The molecule has 29 heavy (non-hydrogen) atoms. The first-order chi connectivity index (χ1) is 13.9. The number of hydrogen-bond donors (Lipinski definition) is 0. The van der Waals surface area contributed by atoms with Crippen LogP contribution in [-0.2, 0) is 10.0 Å². The summed E-state index contributed by atoms with van der Waals surface area (Å²) < 4.78 is 37.7. The number of nitro groups is 1. The van der Waals surface area contributed by atoms with E-state index >= 15 is 0 Å². The van der Waals surface area contributed by atoms with Gasteiger partial charge in [-0.2, -0.15) is 4.31 Å². The van der Waals surface area contributed by atoms with Gasteiger partial charge in [-0.1, -0.05) is 6.07 Å². The molecular weight excluding hydrogens is 398 g/mol. The van der Waals surface area contributed by atoms with Gasteiger partial charge in [0.15, 0.2) is 0 Å². The number of nitro benzene ring substituents is 1. The molecule has 156 valence electrons. The van der Waals surface area contributed by atoms with Crippen molar-refractivity contribution in [2.24, 2.45) is 0 Å². The Morgan fingerprint density at radius 1 is 1.03 bits per heavy atom. The van der Waals surface area contributed by atoms with Crippen molar-refractivity contribution in [1.29, 1.82) is 0 Å². The molecule has 2 aromatic rings. The second kappa shape index (κ2) is 9.21. The SMILES string of the molecule is COc1ccc(OCCN2CCN(S(=O)(=O)c3cccc([N+](=O)[O-])c3)CC2)cc1. The third kappa shape index (κ3) is 5.22. The maximum absolute atomic E-state index is 12.8. The Hall–Kier alpha value is -2.69. The van der Waals surface area contributed by atoms with E-state index in [0.717, 1.165) is 17.6 Å². The average Bonchev–Trinajstić information content (AvgIpc) is 2.74. The van der Waals surface area contributed by atoms with Crippen molar-refractivity contribution in [2.75, 3.05) is 46.4 Å². The van der Waals surface area contributed by atoms with Gasteiger partial charge in [0.2, 0.25) is 10.0 Å². The molecule has 2 aromatic carbocycles. The number of sulfonamides is 1. The van der Waals surface area contributed by atoms with Crippen LogP contribution in [0.15, 0.2) is 53.4 Å². The van der Waals surface area contributed by atoms with Crippen molar-refractivity contribution in [1.82, 2.24) is 9.21 Å².